The largest absolute Gasteiger partial charge is 0.334 e. The van der Waals surface area contributed by atoms with Gasteiger partial charge in [-0.2, -0.15) is 0 Å². The van der Waals surface area contributed by atoms with Crippen molar-refractivity contribution in [3.63, 3.8) is 0 Å². The van der Waals surface area contributed by atoms with Crippen LogP contribution in [0.4, 0.5) is 0 Å². The molecule has 4 nitrogen and oxygen atoms in total. The Bertz CT molecular complexity index is 386. The van der Waals surface area contributed by atoms with Gasteiger partial charge >= 0.3 is 0 Å². The summed E-state index contributed by atoms with van der Waals surface area (Å²) in [7, 11) is 0. The van der Waals surface area contributed by atoms with E-state index >= 15 is 0 Å². The third-order valence-electron chi connectivity index (χ3n) is 4.10. The van der Waals surface area contributed by atoms with Crippen molar-refractivity contribution in [3.8, 4) is 0 Å². The number of likely N-dealkylation sites (tertiary alicyclic amines) is 1. The number of hydrogen-bond acceptors (Lipinski definition) is 3. The van der Waals surface area contributed by atoms with Crippen LogP contribution in [0.3, 0.4) is 0 Å². The molecule has 1 aromatic heterocycles. The van der Waals surface area contributed by atoms with Crippen LogP contribution < -0.4 is 5.32 Å². The lowest BCUT2D eigenvalue weighted by Crippen LogP contribution is -2.40. The first-order valence-corrected chi connectivity index (χ1v) is 8.12. The molecule has 0 spiro atoms. The van der Waals surface area contributed by atoms with Crippen LogP contribution in [-0.2, 0) is 13.1 Å². The highest BCUT2D eigenvalue weighted by molar-refractivity contribution is 4.93. The number of nitrogens with zero attached hydrogens (tertiary/aromatic N) is 3. The molecule has 0 aliphatic carbocycles. The summed E-state index contributed by atoms with van der Waals surface area (Å²) >= 11 is 0. The van der Waals surface area contributed by atoms with Crippen molar-refractivity contribution in [2.24, 2.45) is 11.8 Å². The molecule has 1 saturated heterocycles. The van der Waals surface area contributed by atoms with Gasteiger partial charge < -0.3 is 9.88 Å². The summed E-state index contributed by atoms with van der Waals surface area (Å²) in [5.41, 5.74) is 0. The molecule has 1 aliphatic rings. The summed E-state index contributed by atoms with van der Waals surface area (Å²) in [6.45, 7) is 13.5. The molecule has 114 valence electrons. The highest BCUT2D eigenvalue weighted by atomic mass is 15.2. The van der Waals surface area contributed by atoms with Gasteiger partial charge in [-0.15, -0.1) is 0 Å². The van der Waals surface area contributed by atoms with Crippen LogP contribution in [0.25, 0.3) is 0 Å². The Hall–Kier alpha value is -0.870. The highest BCUT2D eigenvalue weighted by Gasteiger charge is 2.20. The van der Waals surface area contributed by atoms with Gasteiger partial charge in [-0.1, -0.05) is 13.8 Å². The number of imidazole rings is 1. The van der Waals surface area contributed by atoms with E-state index < -0.39 is 0 Å². The van der Waals surface area contributed by atoms with Crippen molar-refractivity contribution in [1.29, 1.82) is 0 Å². The van der Waals surface area contributed by atoms with Gasteiger partial charge in [-0.05, 0) is 51.2 Å². The van der Waals surface area contributed by atoms with Crippen molar-refractivity contribution in [3.05, 3.63) is 18.2 Å². The zero-order valence-corrected chi connectivity index (χ0v) is 13.3. The molecule has 0 saturated carbocycles. The van der Waals surface area contributed by atoms with Gasteiger partial charge in [0.05, 0.1) is 6.54 Å². The molecule has 0 radical (unpaired) electrons. The molecule has 0 aromatic carbocycles. The number of aryl methyl sites for hydroxylation is 1. The molecule has 1 unspecified atom stereocenters. The van der Waals surface area contributed by atoms with E-state index in [1.54, 1.807) is 0 Å². The molecule has 4 heteroatoms. The van der Waals surface area contributed by atoms with Gasteiger partial charge in [0.1, 0.15) is 5.82 Å². The molecule has 1 aromatic rings. The van der Waals surface area contributed by atoms with E-state index in [-0.39, 0.29) is 0 Å². The molecule has 20 heavy (non-hydrogen) atoms. The SMILES string of the molecule is CCn1ccnc1CN1CCCC(CNCC(C)C)C1. The number of piperidine rings is 1. The maximum Gasteiger partial charge on any atom is 0.122 e. The molecule has 1 N–H and O–H groups in total. The second-order valence-electron chi connectivity index (χ2n) is 6.42. The Morgan fingerprint density at radius 1 is 1.45 bits per heavy atom. The number of rotatable bonds is 7. The standard InChI is InChI=1S/C16H30N4/c1-4-20-9-7-18-16(20)13-19-8-5-6-15(12-19)11-17-10-14(2)3/h7,9,14-15,17H,4-6,8,10-13H2,1-3H3. The van der Waals surface area contributed by atoms with E-state index in [1.807, 2.05) is 6.20 Å². The van der Waals surface area contributed by atoms with Crippen molar-refractivity contribution in [2.75, 3.05) is 26.2 Å². The average Bonchev–Trinajstić information content (AvgIpc) is 2.86. The number of aromatic nitrogens is 2. The van der Waals surface area contributed by atoms with Gasteiger partial charge in [0.2, 0.25) is 0 Å². The summed E-state index contributed by atoms with van der Waals surface area (Å²) in [5, 5.41) is 3.61. The van der Waals surface area contributed by atoms with Gasteiger partial charge in [-0.3, -0.25) is 4.90 Å². The fourth-order valence-electron chi connectivity index (χ4n) is 3.02. The first-order chi connectivity index (χ1) is 9.69. The van der Waals surface area contributed by atoms with Gasteiger partial charge in [0.15, 0.2) is 0 Å². The minimum atomic E-state index is 0.742. The van der Waals surface area contributed by atoms with Gasteiger partial charge in [-0.25, -0.2) is 4.98 Å². The van der Waals surface area contributed by atoms with E-state index in [2.05, 4.69) is 46.7 Å². The first-order valence-electron chi connectivity index (χ1n) is 8.12. The normalized spacial score (nSPS) is 20.7. The molecular weight excluding hydrogens is 248 g/mol. The second kappa shape index (κ2) is 7.79. The van der Waals surface area contributed by atoms with Gasteiger partial charge in [0.25, 0.3) is 0 Å². The van der Waals surface area contributed by atoms with E-state index in [9.17, 15) is 0 Å². The smallest absolute Gasteiger partial charge is 0.122 e. The summed E-state index contributed by atoms with van der Waals surface area (Å²) in [5.74, 6) is 2.75. The molecule has 1 atom stereocenters. The van der Waals surface area contributed by atoms with Crippen molar-refractivity contribution < 1.29 is 0 Å². The second-order valence-corrected chi connectivity index (χ2v) is 6.42. The van der Waals surface area contributed by atoms with Crippen molar-refractivity contribution in [2.45, 2.75) is 46.7 Å². The van der Waals surface area contributed by atoms with E-state index in [4.69, 9.17) is 0 Å². The lowest BCUT2D eigenvalue weighted by atomic mass is 9.98. The molecule has 0 bridgehead atoms. The maximum absolute atomic E-state index is 4.50. The molecule has 2 rings (SSSR count). The van der Waals surface area contributed by atoms with Crippen LogP contribution in [0.15, 0.2) is 12.4 Å². The average molecular weight is 278 g/mol. The zero-order valence-electron chi connectivity index (χ0n) is 13.3. The number of nitrogens with one attached hydrogen (secondary N) is 1. The third-order valence-corrected chi connectivity index (χ3v) is 4.10. The Morgan fingerprint density at radius 3 is 3.05 bits per heavy atom. The van der Waals surface area contributed by atoms with Crippen LogP contribution in [0.5, 0.6) is 0 Å². The highest BCUT2D eigenvalue weighted by Crippen LogP contribution is 2.17. The Balaban J connectivity index is 1.78. The monoisotopic (exact) mass is 278 g/mol. The van der Waals surface area contributed by atoms with E-state index in [1.165, 1.54) is 31.8 Å². The lowest BCUT2D eigenvalue weighted by molar-refractivity contribution is 0.160. The van der Waals surface area contributed by atoms with Crippen LogP contribution in [0.2, 0.25) is 0 Å². The van der Waals surface area contributed by atoms with Crippen LogP contribution >= 0.6 is 0 Å². The summed E-state index contributed by atoms with van der Waals surface area (Å²) < 4.78 is 2.25. The fraction of sp³-hybridized carbons (Fsp3) is 0.812. The van der Waals surface area contributed by atoms with Crippen molar-refractivity contribution in [1.82, 2.24) is 19.8 Å². The Morgan fingerprint density at radius 2 is 2.30 bits per heavy atom. The maximum atomic E-state index is 4.50. The summed E-state index contributed by atoms with van der Waals surface area (Å²) in [6, 6.07) is 0. The molecule has 1 aliphatic heterocycles. The Kier molecular flexibility index (Phi) is 6.05. The summed E-state index contributed by atoms with van der Waals surface area (Å²) in [6.07, 6.45) is 6.69. The molecule has 1 fully saturated rings. The zero-order chi connectivity index (χ0) is 14.4. The van der Waals surface area contributed by atoms with Crippen molar-refractivity contribution >= 4 is 0 Å². The first kappa shape index (κ1) is 15.5. The number of hydrogen-bond donors (Lipinski definition) is 1. The predicted molar refractivity (Wildman–Crippen MR) is 83.6 cm³/mol. The third kappa shape index (κ3) is 4.60. The van der Waals surface area contributed by atoms with E-state index in [0.717, 1.165) is 38.0 Å². The van der Waals surface area contributed by atoms with Crippen LogP contribution in [0.1, 0.15) is 39.4 Å². The molecular formula is C16H30N4. The fourth-order valence-corrected chi connectivity index (χ4v) is 3.02. The molecule has 0 amide bonds. The minimum Gasteiger partial charge on any atom is -0.334 e. The summed E-state index contributed by atoms with van der Waals surface area (Å²) in [4.78, 5) is 7.07. The van der Waals surface area contributed by atoms with Crippen LogP contribution in [0, 0.1) is 11.8 Å². The van der Waals surface area contributed by atoms with Crippen LogP contribution in [-0.4, -0.2) is 40.6 Å². The van der Waals surface area contributed by atoms with Gasteiger partial charge in [0, 0.05) is 25.5 Å². The topological polar surface area (TPSA) is 33.1 Å². The quantitative estimate of drug-likeness (QED) is 0.831. The minimum absolute atomic E-state index is 0.742. The Labute approximate surface area is 123 Å². The molecule has 2 heterocycles. The van der Waals surface area contributed by atoms with E-state index in [0.29, 0.717) is 0 Å². The lowest BCUT2D eigenvalue weighted by Gasteiger charge is -2.32. The predicted octanol–water partition coefficient (Wildman–Crippen LogP) is 2.36.